The average Bonchev–Trinajstić information content (AvgIpc) is 2.66. The zero-order valence-electron chi connectivity index (χ0n) is 8.42. The molecule has 0 N–H and O–H groups in total. The quantitative estimate of drug-likeness (QED) is 0.577. The minimum absolute atomic E-state index is 0.0468. The number of carbonyl (C=O) groups is 2. The highest BCUT2D eigenvalue weighted by Gasteiger charge is 2.44. The topological polar surface area (TPSA) is 37.4 Å². The lowest BCUT2D eigenvalue weighted by Gasteiger charge is -2.34. The van der Waals surface area contributed by atoms with Gasteiger partial charge in [-0.1, -0.05) is 30.3 Å². The summed E-state index contributed by atoms with van der Waals surface area (Å²) in [4.78, 5) is 25.1. The molecule has 1 aromatic carbocycles. The van der Waals surface area contributed by atoms with E-state index in [9.17, 15) is 9.59 Å². The number of β-lactam (4-membered cyclic amide) rings is 1. The Bertz CT molecular complexity index is 495. The number of nitrogens with zero attached hydrogens (tertiary/aromatic N) is 1. The van der Waals surface area contributed by atoms with E-state index in [1.165, 1.54) is 0 Å². The first-order valence-corrected chi connectivity index (χ1v) is 5.99. The van der Waals surface area contributed by atoms with Crippen molar-refractivity contribution >= 4 is 23.5 Å². The molecule has 1 amide bonds. The molecule has 3 nitrogen and oxygen atoms in total. The molecule has 2 heterocycles. The Kier molecular flexibility index (Phi) is 2.11. The summed E-state index contributed by atoms with van der Waals surface area (Å²) in [6.45, 7) is 0. The molecule has 4 heteroatoms. The Morgan fingerprint density at radius 2 is 2.06 bits per heavy atom. The molecule has 80 valence electrons. The molecule has 1 atom stereocenters. The van der Waals surface area contributed by atoms with Gasteiger partial charge in [0.15, 0.2) is 0 Å². The minimum Gasteiger partial charge on any atom is -0.295 e. The van der Waals surface area contributed by atoms with Gasteiger partial charge in [-0.05, 0) is 0 Å². The number of benzene rings is 1. The van der Waals surface area contributed by atoms with Crippen LogP contribution in [0.25, 0.3) is 0 Å². The van der Waals surface area contributed by atoms with E-state index in [0.29, 0.717) is 17.7 Å². The fourth-order valence-electron chi connectivity index (χ4n) is 1.89. The molecule has 2 aliphatic rings. The lowest BCUT2D eigenvalue weighted by molar-refractivity contribution is -0.137. The first-order chi connectivity index (χ1) is 7.77. The van der Waals surface area contributed by atoms with Gasteiger partial charge >= 0.3 is 0 Å². The van der Waals surface area contributed by atoms with Crippen LogP contribution in [0.1, 0.15) is 16.8 Å². The summed E-state index contributed by atoms with van der Waals surface area (Å²) in [5.74, 6) is -0.0193. The molecule has 0 saturated carbocycles. The van der Waals surface area contributed by atoms with Gasteiger partial charge in [-0.2, -0.15) is 0 Å². The summed E-state index contributed by atoms with van der Waals surface area (Å²) in [7, 11) is 0. The normalized spacial score (nSPS) is 22.5. The Morgan fingerprint density at radius 3 is 2.75 bits per heavy atom. The molecular formula is C12H9NO2S. The van der Waals surface area contributed by atoms with E-state index >= 15 is 0 Å². The highest BCUT2D eigenvalue weighted by Crippen LogP contribution is 2.41. The van der Waals surface area contributed by atoms with Crippen molar-refractivity contribution in [3.8, 4) is 0 Å². The van der Waals surface area contributed by atoms with E-state index in [1.54, 1.807) is 34.2 Å². The van der Waals surface area contributed by atoms with Crippen LogP contribution in [0.5, 0.6) is 0 Å². The molecule has 0 bridgehead atoms. The molecule has 3 rings (SSSR count). The Balaban J connectivity index is 1.89. The third kappa shape index (κ3) is 1.30. The van der Waals surface area contributed by atoms with Crippen LogP contribution in [0.2, 0.25) is 0 Å². The van der Waals surface area contributed by atoms with Crippen molar-refractivity contribution in [2.75, 3.05) is 0 Å². The lowest BCUT2D eigenvalue weighted by atomic mass is 10.1. The van der Waals surface area contributed by atoms with E-state index in [0.717, 1.165) is 0 Å². The van der Waals surface area contributed by atoms with Crippen LogP contribution < -0.4 is 0 Å². The van der Waals surface area contributed by atoms with Crippen molar-refractivity contribution in [3.63, 3.8) is 0 Å². The number of carbonyl (C=O) groups excluding carboxylic acids is 2. The second-order valence-electron chi connectivity index (χ2n) is 3.76. The zero-order valence-corrected chi connectivity index (χ0v) is 9.24. The summed E-state index contributed by atoms with van der Waals surface area (Å²) in [6, 6.07) is 9.06. The Morgan fingerprint density at radius 1 is 1.31 bits per heavy atom. The molecule has 16 heavy (non-hydrogen) atoms. The summed E-state index contributed by atoms with van der Waals surface area (Å²) in [6.07, 6.45) is 0.548. The highest BCUT2D eigenvalue weighted by molar-refractivity contribution is 8.03. The van der Waals surface area contributed by atoms with E-state index in [2.05, 4.69) is 0 Å². The number of hydrogen-bond acceptors (Lipinski definition) is 3. The molecule has 2 aliphatic heterocycles. The summed E-state index contributed by atoms with van der Waals surface area (Å²) in [5, 5.41) is 1.96. The highest BCUT2D eigenvalue weighted by atomic mass is 32.2. The van der Waals surface area contributed by atoms with Gasteiger partial charge in [-0.25, -0.2) is 0 Å². The van der Waals surface area contributed by atoms with Gasteiger partial charge in [0.05, 0.1) is 17.5 Å². The molecule has 0 aromatic heterocycles. The first-order valence-electron chi connectivity index (χ1n) is 5.05. The molecule has 1 aromatic rings. The zero-order chi connectivity index (χ0) is 11.1. The van der Waals surface area contributed by atoms with Crippen LogP contribution in [0, 0.1) is 0 Å². The third-order valence-electron chi connectivity index (χ3n) is 2.77. The van der Waals surface area contributed by atoms with Crippen molar-refractivity contribution in [2.45, 2.75) is 11.8 Å². The number of ketones is 1. The largest absolute Gasteiger partial charge is 0.295 e. The average molecular weight is 231 g/mol. The van der Waals surface area contributed by atoms with E-state index in [-0.39, 0.29) is 17.1 Å². The SMILES string of the molecule is O=C(C1=CSC2CC(=O)N12)c1ccccc1. The van der Waals surface area contributed by atoms with Gasteiger partial charge in [0, 0.05) is 11.0 Å². The fraction of sp³-hybridized carbons (Fsp3) is 0.167. The Hall–Kier alpha value is -1.55. The number of Topliss-reactive ketones (excluding diaryl/α,β-unsaturated/α-hetero) is 1. The van der Waals surface area contributed by atoms with E-state index in [1.807, 2.05) is 18.2 Å². The minimum atomic E-state index is -0.0661. The summed E-state index contributed by atoms with van der Waals surface area (Å²) >= 11 is 1.55. The summed E-state index contributed by atoms with van der Waals surface area (Å²) < 4.78 is 0. The van der Waals surface area contributed by atoms with Gasteiger partial charge in [0.1, 0.15) is 0 Å². The van der Waals surface area contributed by atoms with Crippen molar-refractivity contribution in [2.24, 2.45) is 0 Å². The van der Waals surface area contributed by atoms with Crippen LogP contribution in [0.4, 0.5) is 0 Å². The number of hydrogen-bond donors (Lipinski definition) is 0. The predicted molar refractivity (Wildman–Crippen MR) is 61.7 cm³/mol. The first kappa shape index (κ1) is 9.66. The van der Waals surface area contributed by atoms with Crippen LogP contribution in [0.3, 0.4) is 0 Å². The number of allylic oxidation sites excluding steroid dienone is 1. The van der Waals surface area contributed by atoms with Crippen LogP contribution >= 0.6 is 11.8 Å². The Labute approximate surface area is 97.1 Å². The third-order valence-corrected chi connectivity index (χ3v) is 3.82. The van der Waals surface area contributed by atoms with Gasteiger partial charge in [-0.3, -0.25) is 14.5 Å². The molecular weight excluding hydrogens is 222 g/mol. The van der Waals surface area contributed by atoms with Gasteiger partial charge in [-0.15, -0.1) is 11.8 Å². The number of rotatable bonds is 2. The van der Waals surface area contributed by atoms with Gasteiger partial charge in [0.2, 0.25) is 11.7 Å². The summed E-state index contributed by atoms with van der Waals surface area (Å²) in [5.41, 5.74) is 1.16. The standard InChI is InChI=1S/C12H9NO2S/c14-10-6-11-13(10)9(7-16-11)12(15)8-4-2-1-3-5-8/h1-5,7,11H,6H2. The van der Waals surface area contributed by atoms with Crippen LogP contribution in [-0.2, 0) is 4.79 Å². The molecule has 0 aliphatic carbocycles. The molecule has 1 unspecified atom stereocenters. The smallest absolute Gasteiger partial charge is 0.231 e. The maximum absolute atomic E-state index is 12.1. The van der Waals surface area contributed by atoms with Gasteiger partial charge < -0.3 is 0 Å². The number of fused-ring (bicyclic) bond motifs is 1. The van der Waals surface area contributed by atoms with E-state index in [4.69, 9.17) is 0 Å². The lowest BCUT2D eigenvalue weighted by Crippen LogP contribution is -2.48. The van der Waals surface area contributed by atoms with Crippen molar-refractivity contribution in [1.29, 1.82) is 0 Å². The van der Waals surface area contributed by atoms with Crippen molar-refractivity contribution in [1.82, 2.24) is 4.90 Å². The van der Waals surface area contributed by atoms with Gasteiger partial charge in [0.25, 0.3) is 0 Å². The van der Waals surface area contributed by atoms with Crippen molar-refractivity contribution < 1.29 is 9.59 Å². The maximum atomic E-state index is 12.1. The molecule has 1 fully saturated rings. The van der Waals surface area contributed by atoms with Crippen LogP contribution in [-0.4, -0.2) is 22.0 Å². The molecule has 0 radical (unpaired) electrons. The second-order valence-corrected chi connectivity index (χ2v) is 4.81. The predicted octanol–water partition coefficient (Wildman–Crippen LogP) is 2.02. The fourth-order valence-corrected chi connectivity index (χ4v) is 2.98. The van der Waals surface area contributed by atoms with E-state index < -0.39 is 0 Å². The number of thioether (sulfide) groups is 1. The monoisotopic (exact) mass is 231 g/mol. The number of amides is 1. The van der Waals surface area contributed by atoms with Crippen LogP contribution in [0.15, 0.2) is 41.4 Å². The second kappa shape index (κ2) is 3.49. The molecule has 1 saturated heterocycles. The molecule has 0 spiro atoms. The van der Waals surface area contributed by atoms with Crippen molar-refractivity contribution in [3.05, 3.63) is 47.0 Å². The maximum Gasteiger partial charge on any atom is 0.231 e.